The first kappa shape index (κ1) is 13.4. The van der Waals surface area contributed by atoms with Crippen LogP contribution in [0.25, 0.3) is 0 Å². The highest BCUT2D eigenvalue weighted by atomic mass is 32.1. The van der Waals surface area contributed by atoms with E-state index in [0.29, 0.717) is 19.6 Å². The number of thiophene rings is 1. The van der Waals surface area contributed by atoms with E-state index in [-0.39, 0.29) is 6.03 Å². The van der Waals surface area contributed by atoms with Crippen molar-refractivity contribution in [2.45, 2.75) is 13.1 Å². The van der Waals surface area contributed by atoms with Crippen molar-refractivity contribution in [1.82, 2.24) is 10.2 Å². The average Bonchev–Trinajstić information content (AvgIpc) is 3.08. The summed E-state index contributed by atoms with van der Waals surface area (Å²) in [7, 11) is 0. The van der Waals surface area contributed by atoms with Crippen LogP contribution >= 0.6 is 11.3 Å². The second kappa shape index (κ2) is 6.80. The van der Waals surface area contributed by atoms with Gasteiger partial charge >= 0.3 is 6.03 Å². The lowest BCUT2D eigenvalue weighted by Gasteiger charge is -2.21. The van der Waals surface area contributed by atoms with E-state index in [1.54, 1.807) is 28.6 Å². The summed E-state index contributed by atoms with van der Waals surface area (Å²) < 4.78 is 5.30. The minimum absolute atomic E-state index is 0.121. The Morgan fingerprint density at radius 1 is 1.42 bits per heavy atom. The van der Waals surface area contributed by atoms with Crippen LogP contribution in [0.15, 0.2) is 53.0 Å². The van der Waals surface area contributed by atoms with Crippen LogP contribution in [0.4, 0.5) is 4.79 Å². The molecule has 0 saturated carbocycles. The smallest absolute Gasteiger partial charge is 0.318 e. The Bertz CT molecular complexity index is 469. The minimum Gasteiger partial charge on any atom is -0.467 e. The summed E-state index contributed by atoms with van der Waals surface area (Å²) in [5.74, 6) is 0.769. The van der Waals surface area contributed by atoms with Gasteiger partial charge in [-0.2, -0.15) is 0 Å². The molecule has 0 bridgehead atoms. The molecule has 2 aromatic heterocycles. The molecule has 0 aliphatic rings. The van der Waals surface area contributed by atoms with Crippen LogP contribution in [0.1, 0.15) is 10.6 Å². The van der Waals surface area contributed by atoms with Gasteiger partial charge in [-0.1, -0.05) is 12.1 Å². The molecule has 2 aromatic rings. The van der Waals surface area contributed by atoms with Crippen molar-refractivity contribution >= 4 is 17.4 Å². The molecule has 2 heterocycles. The van der Waals surface area contributed by atoms with Gasteiger partial charge in [0.2, 0.25) is 0 Å². The van der Waals surface area contributed by atoms with E-state index in [1.165, 1.54) is 0 Å². The molecule has 0 aliphatic carbocycles. The Balaban J connectivity index is 2.03. The van der Waals surface area contributed by atoms with Gasteiger partial charge in [0.25, 0.3) is 0 Å². The molecule has 4 nitrogen and oxygen atoms in total. The standard InChI is InChI=1S/C14H16N2O2S/c1-2-7-15-14(17)16(10-12-5-3-8-18-12)11-13-6-4-9-19-13/h2-6,8-9H,1,7,10-11H2,(H,15,17). The number of furan rings is 1. The molecule has 0 saturated heterocycles. The van der Waals surface area contributed by atoms with Crippen molar-refractivity contribution in [3.05, 3.63) is 59.2 Å². The van der Waals surface area contributed by atoms with E-state index >= 15 is 0 Å². The largest absolute Gasteiger partial charge is 0.467 e. The van der Waals surface area contributed by atoms with Crippen molar-refractivity contribution in [3.63, 3.8) is 0 Å². The predicted molar refractivity (Wildman–Crippen MR) is 75.9 cm³/mol. The fourth-order valence-corrected chi connectivity index (χ4v) is 2.37. The minimum atomic E-state index is -0.121. The molecule has 2 amide bonds. The zero-order chi connectivity index (χ0) is 13.5. The Morgan fingerprint density at radius 3 is 2.95 bits per heavy atom. The molecular weight excluding hydrogens is 260 g/mol. The molecule has 0 radical (unpaired) electrons. The van der Waals surface area contributed by atoms with E-state index in [9.17, 15) is 4.79 Å². The van der Waals surface area contributed by atoms with Crippen molar-refractivity contribution in [2.24, 2.45) is 0 Å². The zero-order valence-corrected chi connectivity index (χ0v) is 11.4. The Labute approximate surface area is 116 Å². The van der Waals surface area contributed by atoms with E-state index in [1.807, 2.05) is 29.6 Å². The third-order valence-corrected chi connectivity index (χ3v) is 3.40. The van der Waals surface area contributed by atoms with Gasteiger partial charge in [0.05, 0.1) is 19.4 Å². The van der Waals surface area contributed by atoms with Gasteiger partial charge in [-0.25, -0.2) is 4.79 Å². The number of rotatable bonds is 6. The topological polar surface area (TPSA) is 45.5 Å². The second-order valence-corrected chi connectivity index (χ2v) is 5.02. The lowest BCUT2D eigenvalue weighted by molar-refractivity contribution is 0.189. The summed E-state index contributed by atoms with van der Waals surface area (Å²) in [6.07, 6.45) is 3.27. The maximum Gasteiger partial charge on any atom is 0.318 e. The molecule has 0 spiro atoms. The lowest BCUT2D eigenvalue weighted by Crippen LogP contribution is -2.38. The third-order valence-electron chi connectivity index (χ3n) is 2.54. The van der Waals surface area contributed by atoms with Crippen LogP contribution in [0.2, 0.25) is 0 Å². The SMILES string of the molecule is C=CCNC(=O)N(Cc1ccco1)Cc1cccs1. The number of amides is 2. The molecule has 100 valence electrons. The molecule has 0 aliphatic heterocycles. The van der Waals surface area contributed by atoms with Crippen LogP contribution in [-0.2, 0) is 13.1 Å². The molecule has 0 aromatic carbocycles. The quantitative estimate of drug-likeness (QED) is 0.823. The maximum absolute atomic E-state index is 12.1. The highest BCUT2D eigenvalue weighted by Gasteiger charge is 2.15. The molecule has 19 heavy (non-hydrogen) atoms. The molecular formula is C14H16N2O2S. The van der Waals surface area contributed by atoms with Crippen molar-refractivity contribution < 1.29 is 9.21 Å². The summed E-state index contributed by atoms with van der Waals surface area (Å²) in [6, 6.07) is 7.56. The Hall–Kier alpha value is -2.01. The van der Waals surface area contributed by atoms with E-state index in [2.05, 4.69) is 11.9 Å². The normalized spacial score (nSPS) is 10.1. The third kappa shape index (κ3) is 3.99. The van der Waals surface area contributed by atoms with Gasteiger partial charge in [0.1, 0.15) is 5.76 Å². The van der Waals surface area contributed by atoms with Crippen molar-refractivity contribution in [1.29, 1.82) is 0 Å². The number of urea groups is 1. The summed E-state index contributed by atoms with van der Waals surface area (Å²) in [5, 5.41) is 4.79. The second-order valence-electron chi connectivity index (χ2n) is 3.99. The summed E-state index contributed by atoms with van der Waals surface area (Å²) >= 11 is 1.63. The number of carbonyl (C=O) groups is 1. The van der Waals surface area contributed by atoms with Gasteiger partial charge in [0, 0.05) is 11.4 Å². The van der Waals surface area contributed by atoms with Crippen LogP contribution in [0, 0.1) is 0 Å². The Kier molecular flexibility index (Phi) is 4.80. The van der Waals surface area contributed by atoms with E-state index in [4.69, 9.17) is 4.42 Å². The fourth-order valence-electron chi connectivity index (χ4n) is 1.65. The lowest BCUT2D eigenvalue weighted by atomic mass is 10.3. The van der Waals surface area contributed by atoms with Crippen molar-refractivity contribution in [3.8, 4) is 0 Å². The van der Waals surface area contributed by atoms with E-state index in [0.717, 1.165) is 10.6 Å². The molecule has 5 heteroatoms. The van der Waals surface area contributed by atoms with Crippen LogP contribution in [0.3, 0.4) is 0 Å². The summed E-state index contributed by atoms with van der Waals surface area (Å²) in [4.78, 5) is 14.9. The average molecular weight is 276 g/mol. The van der Waals surface area contributed by atoms with Crippen LogP contribution < -0.4 is 5.32 Å². The first-order valence-electron chi connectivity index (χ1n) is 5.98. The van der Waals surface area contributed by atoms with Crippen molar-refractivity contribution in [2.75, 3.05) is 6.54 Å². The van der Waals surface area contributed by atoms with Crippen LogP contribution in [-0.4, -0.2) is 17.5 Å². The Morgan fingerprint density at radius 2 is 2.32 bits per heavy atom. The van der Waals surface area contributed by atoms with Gasteiger partial charge in [0.15, 0.2) is 0 Å². The van der Waals surface area contributed by atoms with Gasteiger partial charge in [-0.05, 0) is 23.6 Å². The number of hydrogen-bond acceptors (Lipinski definition) is 3. The van der Waals surface area contributed by atoms with E-state index < -0.39 is 0 Å². The first-order valence-corrected chi connectivity index (χ1v) is 6.86. The van der Waals surface area contributed by atoms with Gasteiger partial charge < -0.3 is 14.6 Å². The number of carbonyl (C=O) groups excluding carboxylic acids is 1. The molecule has 0 fully saturated rings. The molecule has 2 rings (SSSR count). The summed E-state index contributed by atoms with van der Waals surface area (Å²) in [5.41, 5.74) is 0. The number of nitrogens with zero attached hydrogens (tertiary/aromatic N) is 1. The number of nitrogens with one attached hydrogen (secondary N) is 1. The fraction of sp³-hybridized carbons (Fsp3) is 0.214. The predicted octanol–water partition coefficient (Wildman–Crippen LogP) is 3.24. The van der Waals surface area contributed by atoms with Gasteiger partial charge in [-0.3, -0.25) is 0 Å². The maximum atomic E-state index is 12.1. The molecule has 0 atom stereocenters. The molecule has 0 unspecified atom stereocenters. The van der Waals surface area contributed by atoms with Crippen LogP contribution in [0.5, 0.6) is 0 Å². The zero-order valence-electron chi connectivity index (χ0n) is 10.5. The summed E-state index contributed by atoms with van der Waals surface area (Å²) in [6.45, 7) is 5.07. The number of hydrogen-bond donors (Lipinski definition) is 1. The monoisotopic (exact) mass is 276 g/mol. The highest BCUT2D eigenvalue weighted by molar-refractivity contribution is 7.09. The molecule has 1 N–H and O–H groups in total. The van der Waals surface area contributed by atoms with Gasteiger partial charge in [-0.15, -0.1) is 17.9 Å². The first-order chi connectivity index (χ1) is 9.29. The highest BCUT2D eigenvalue weighted by Crippen LogP contribution is 2.14.